The number of aliphatic hydroxyl groups is 1. The quantitative estimate of drug-likeness (QED) is 0.670. The maximum atomic E-state index is 12.3. The molecular formula is C21H28N2O4S. The van der Waals surface area contributed by atoms with Crippen LogP contribution in [0, 0.1) is 5.92 Å². The smallest absolute Gasteiger partial charge is 0.240 e. The summed E-state index contributed by atoms with van der Waals surface area (Å²) in [5.74, 6) is 1.13. The van der Waals surface area contributed by atoms with Gasteiger partial charge in [0.1, 0.15) is 12.4 Å². The third-order valence-corrected chi connectivity index (χ3v) is 6.43. The Bertz CT molecular complexity index is 834. The number of benzene rings is 2. The van der Waals surface area contributed by atoms with E-state index in [9.17, 15) is 8.42 Å². The summed E-state index contributed by atoms with van der Waals surface area (Å²) in [6, 6.07) is 16.4. The van der Waals surface area contributed by atoms with Crippen molar-refractivity contribution in [2.75, 3.05) is 32.8 Å². The normalized spacial score (nSPS) is 16.2. The molecule has 1 aliphatic heterocycles. The molecule has 0 spiro atoms. The minimum Gasteiger partial charge on any atom is -0.491 e. The van der Waals surface area contributed by atoms with Gasteiger partial charge in [0.15, 0.2) is 0 Å². The molecule has 0 amide bonds. The van der Waals surface area contributed by atoms with Crippen molar-refractivity contribution in [2.24, 2.45) is 5.92 Å². The minimum absolute atomic E-state index is 0.00572. The van der Waals surface area contributed by atoms with Crippen molar-refractivity contribution >= 4 is 10.0 Å². The molecule has 2 N–H and O–H groups in total. The highest BCUT2D eigenvalue weighted by atomic mass is 32.2. The Balaban J connectivity index is 1.45. The summed E-state index contributed by atoms with van der Waals surface area (Å²) in [6.45, 7) is 3.52. The van der Waals surface area contributed by atoms with Crippen molar-refractivity contribution in [2.45, 2.75) is 24.3 Å². The molecule has 1 fully saturated rings. The van der Waals surface area contributed by atoms with Gasteiger partial charge < -0.3 is 9.84 Å². The van der Waals surface area contributed by atoms with Gasteiger partial charge in [0.2, 0.25) is 10.0 Å². The molecule has 0 aliphatic carbocycles. The lowest BCUT2D eigenvalue weighted by Crippen LogP contribution is -2.38. The van der Waals surface area contributed by atoms with E-state index in [2.05, 4.69) is 15.7 Å². The first-order chi connectivity index (χ1) is 13.6. The maximum absolute atomic E-state index is 12.3. The summed E-state index contributed by atoms with van der Waals surface area (Å²) >= 11 is 0. The van der Waals surface area contributed by atoms with Crippen molar-refractivity contribution in [1.29, 1.82) is 0 Å². The van der Waals surface area contributed by atoms with Crippen LogP contribution < -0.4 is 9.46 Å². The summed E-state index contributed by atoms with van der Waals surface area (Å²) in [6.07, 6.45) is 1.94. The molecule has 1 saturated heterocycles. The first-order valence-corrected chi connectivity index (χ1v) is 11.1. The van der Waals surface area contributed by atoms with Crippen LogP contribution in [0.2, 0.25) is 0 Å². The van der Waals surface area contributed by atoms with Crippen LogP contribution in [0.25, 0.3) is 0 Å². The predicted molar refractivity (Wildman–Crippen MR) is 109 cm³/mol. The molecule has 1 heterocycles. The van der Waals surface area contributed by atoms with Crippen molar-refractivity contribution < 1.29 is 18.3 Å². The van der Waals surface area contributed by atoms with E-state index in [-0.39, 0.29) is 6.61 Å². The maximum Gasteiger partial charge on any atom is 0.240 e. The number of likely N-dealkylation sites (tertiary alicyclic amines) is 1. The number of nitrogens with zero attached hydrogens (tertiary/aromatic N) is 1. The van der Waals surface area contributed by atoms with Gasteiger partial charge in [0, 0.05) is 13.1 Å². The molecule has 0 bridgehead atoms. The molecule has 7 heteroatoms. The largest absolute Gasteiger partial charge is 0.491 e. The second-order valence-electron chi connectivity index (χ2n) is 7.10. The van der Waals surface area contributed by atoms with Crippen LogP contribution in [-0.4, -0.2) is 51.3 Å². The van der Waals surface area contributed by atoms with E-state index in [1.807, 2.05) is 24.3 Å². The summed E-state index contributed by atoms with van der Waals surface area (Å²) in [7, 11) is -3.43. The van der Waals surface area contributed by atoms with Crippen LogP contribution in [0.4, 0.5) is 0 Å². The van der Waals surface area contributed by atoms with Crippen LogP contribution in [0.1, 0.15) is 18.4 Å². The van der Waals surface area contributed by atoms with Crippen molar-refractivity contribution in [3.8, 4) is 5.75 Å². The Morgan fingerprint density at radius 3 is 2.54 bits per heavy atom. The van der Waals surface area contributed by atoms with Gasteiger partial charge in [0.25, 0.3) is 0 Å². The Kier molecular flexibility index (Phi) is 7.44. The average Bonchev–Trinajstić information content (AvgIpc) is 2.73. The van der Waals surface area contributed by atoms with Crippen molar-refractivity contribution in [3.63, 3.8) is 0 Å². The monoisotopic (exact) mass is 404 g/mol. The molecule has 0 saturated carbocycles. The molecule has 3 rings (SSSR count). The second kappa shape index (κ2) is 10.0. The van der Waals surface area contributed by atoms with Crippen LogP contribution in [0.5, 0.6) is 5.75 Å². The lowest BCUT2D eigenvalue weighted by atomic mass is 9.97. The number of piperidine rings is 1. The van der Waals surface area contributed by atoms with Gasteiger partial charge in [-0.1, -0.05) is 30.3 Å². The first kappa shape index (κ1) is 20.8. The Morgan fingerprint density at radius 2 is 1.82 bits per heavy atom. The molecule has 6 nitrogen and oxygen atoms in total. The van der Waals surface area contributed by atoms with E-state index in [4.69, 9.17) is 9.84 Å². The number of hydrogen-bond donors (Lipinski definition) is 2. The molecule has 0 unspecified atom stereocenters. The van der Waals surface area contributed by atoms with Gasteiger partial charge in [-0.05, 0) is 61.7 Å². The lowest BCUT2D eigenvalue weighted by molar-refractivity contribution is 0.178. The van der Waals surface area contributed by atoms with Gasteiger partial charge in [-0.2, -0.15) is 0 Å². The zero-order chi connectivity index (χ0) is 19.8. The standard InChI is InChI=1S/C21H28N2O4S/c24-13-14-27-20-6-4-5-19(15-20)17-23-11-9-18(10-12-23)16-22-28(25,26)21-7-2-1-3-8-21/h1-8,15,18,22,24H,9-14,16-17H2. The summed E-state index contributed by atoms with van der Waals surface area (Å²) in [4.78, 5) is 2.70. The van der Waals surface area contributed by atoms with E-state index in [1.165, 1.54) is 5.56 Å². The van der Waals surface area contributed by atoms with Gasteiger partial charge in [-0.25, -0.2) is 13.1 Å². The fraction of sp³-hybridized carbons (Fsp3) is 0.429. The number of ether oxygens (including phenoxy) is 1. The minimum atomic E-state index is -3.43. The Labute approximate surface area is 167 Å². The number of aliphatic hydroxyl groups excluding tert-OH is 1. The van der Waals surface area contributed by atoms with Gasteiger partial charge in [0.05, 0.1) is 11.5 Å². The zero-order valence-electron chi connectivity index (χ0n) is 16.0. The van der Waals surface area contributed by atoms with Crippen LogP contribution in [-0.2, 0) is 16.6 Å². The van der Waals surface area contributed by atoms with Crippen molar-refractivity contribution in [3.05, 3.63) is 60.2 Å². The first-order valence-electron chi connectivity index (χ1n) is 9.66. The zero-order valence-corrected chi connectivity index (χ0v) is 16.8. The number of hydrogen-bond acceptors (Lipinski definition) is 5. The topological polar surface area (TPSA) is 78.9 Å². The van der Waals surface area contributed by atoms with Crippen LogP contribution in [0.3, 0.4) is 0 Å². The lowest BCUT2D eigenvalue weighted by Gasteiger charge is -2.32. The van der Waals surface area contributed by atoms with E-state index in [0.29, 0.717) is 24.0 Å². The fourth-order valence-electron chi connectivity index (χ4n) is 3.41. The molecule has 2 aromatic carbocycles. The third kappa shape index (κ3) is 6.04. The molecule has 0 aromatic heterocycles. The number of rotatable bonds is 9. The van der Waals surface area contributed by atoms with Crippen molar-refractivity contribution in [1.82, 2.24) is 9.62 Å². The van der Waals surface area contributed by atoms with E-state index in [0.717, 1.165) is 38.2 Å². The summed E-state index contributed by atoms with van der Waals surface area (Å²) in [5.41, 5.74) is 1.18. The Hall–Kier alpha value is -1.93. The molecule has 152 valence electrons. The fourth-order valence-corrected chi connectivity index (χ4v) is 4.55. The number of nitrogens with one attached hydrogen (secondary N) is 1. The Morgan fingerprint density at radius 1 is 1.07 bits per heavy atom. The SMILES string of the molecule is O=S(=O)(NCC1CCN(Cc2cccc(OCCO)c2)CC1)c1ccccc1. The van der Waals surface area contributed by atoms with E-state index < -0.39 is 10.0 Å². The van der Waals surface area contributed by atoms with Crippen LogP contribution >= 0.6 is 0 Å². The van der Waals surface area contributed by atoms with Gasteiger partial charge >= 0.3 is 0 Å². The van der Waals surface area contributed by atoms with Gasteiger partial charge in [-0.3, -0.25) is 4.90 Å². The highest BCUT2D eigenvalue weighted by Crippen LogP contribution is 2.21. The van der Waals surface area contributed by atoms with Gasteiger partial charge in [-0.15, -0.1) is 0 Å². The third-order valence-electron chi connectivity index (χ3n) is 4.99. The molecule has 1 aliphatic rings. The average molecular weight is 405 g/mol. The second-order valence-corrected chi connectivity index (χ2v) is 8.87. The molecule has 28 heavy (non-hydrogen) atoms. The number of sulfonamides is 1. The summed E-state index contributed by atoms with van der Waals surface area (Å²) < 4.78 is 32.9. The summed E-state index contributed by atoms with van der Waals surface area (Å²) in [5, 5.41) is 8.87. The molecule has 0 atom stereocenters. The van der Waals surface area contributed by atoms with Crippen LogP contribution in [0.15, 0.2) is 59.5 Å². The molecule has 2 aromatic rings. The molecular weight excluding hydrogens is 376 g/mol. The highest BCUT2D eigenvalue weighted by Gasteiger charge is 2.22. The predicted octanol–water partition coefficient (Wildman–Crippen LogP) is 2.25. The molecule has 0 radical (unpaired) electrons. The van der Waals surface area contributed by atoms with E-state index >= 15 is 0 Å². The van der Waals surface area contributed by atoms with E-state index in [1.54, 1.807) is 24.3 Å². The highest BCUT2D eigenvalue weighted by molar-refractivity contribution is 7.89.